The standard InChI is InChI=1S/C9H11N4.3C4H9.Sn/c1-9(11)6-4-2-3-5-7(6)12-8(10)13-9;3*1-3-4-2;/h2,4-5H,11H2,1H3,(H3,10,12,13);3*1,3-4H2,2H3;. The van der Waals surface area contributed by atoms with Crippen molar-refractivity contribution < 1.29 is 0 Å². The van der Waals surface area contributed by atoms with Crippen LogP contribution in [0.25, 0.3) is 0 Å². The Bertz CT molecular complexity index is 603. The van der Waals surface area contributed by atoms with Crippen LogP contribution in [0.1, 0.15) is 71.8 Å². The van der Waals surface area contributed by atoms with Gasteiger partial charge in [0.05, 0.1) is 0 Å². The number of benzene rings is 1. The van der Waals surface area contributed by atoms with Crippen molar-refractivity contribution in [2.24, 2.45) is 16.5 Å². The molecule has 146 valence electrons. The van der Waals surface area contributed by atoms with Crippen LogP contribution in [-0.4, -0.2) is 24.3 Å². The molecule has 1 aliphatic heterocycles. The maximum absolute atomic E-state index is 6.39. The van der Waals surface area contributed by atoms with Gasteiger partial charge in [-0.05, 0) is 0 Å². The maximum atomic E-state index is 6.39. The number of unbranched alkanes of at least 4 members (excludes halogenated alkanes) is 3. The van der Waals surface area contributed by atoms with E-state index in [9.17, 15) is 0 Å². The molecule has 5 heteroatoms. The van der Waals surface area contributed by atoms with Crippen LogP contribution >= 0.6 is 0 Å². The quantitative estimate of drug-likeness (QED) is 0.442. The number of hydrogen-bond acceptors (Lipinski definition) is 4. The van der Waals surface area contributed by atoms with E-state index in [4.69, 9.17) is 11.5 Å². The normalized spacial score (nSPS) is 19.7. The fourth-order valence-electron chi connectivity index (χ4n) is 4.25. The van der Waals surface area contributed by atoms with E-state index in [2.05, 4.69) is 49.3 Å². The van der Waals surface area contributed by atoms with Crippen molar-refractivity contribution in [2.45, 2.75) is 85.2 Å². The molecule has 0 spiro atoms. The van der Waals surface area contributed by atoms with Gasteiger partial charge in [0.1, 0.15) is 0 Å². The molecule has 1 unspecified atom stereocenters. The topological polar surface area (TPSA) is 76.4 Å². The first-order valence-electron chi connectivity index (χ1n) is 10.4. The molecule has 1 heterocycles. The van der Waals surface area contributed by atoms with Crippen LogP contribution in [0.15, 0.2) is 23.2 Å². The second-order valence-electron chi connectivity index (χ2n) is 8.12. The van der Waals surface area contributed by atoms with E-state index < -0.39 is 24.0 Å². The Morgan fingerprint density at radius 1 is 1.00 bits per heavy atom. The zero-order valence-electron chi connectivity index (χ0n) is 17.2. The van der Waals surface area contributed by atoms with Crippen LogP contribution in [0.4, 0.5) is 5.69 Å². The molecule has 1 atom stereocenters. The monoisotopic (exact) mass is 466 g/mol. The van der Waals surface area contributed by atoms with E-state index in [0.717, 1.165) is 11.3 Å². The van der Waals surface area contributed by atoms with Crippen LogP contribution in [0.5, 0.6) is 0 Å². The van der Waals surface area contributed by atoms with Crippen molar-refractivity contribution in [2.75, 3.05) is 5.32 Å². The summed E-state index contributed by atoms with van der Waals surface area (Å²) in [6.45, 7) is 8.89. The summed E-state index contributed by atoms with van der Waals surface area (Å²) in [5.41, 5.74) is 13.8. The van der Waals surface area contributed by atoms with Crippen LogP contribution in [-0.2, 0) is 5.66 Å². The van der Waals surface area contributed by atoms with Crippen molar-refractivity contribution in [3.05, 3.63) is 23.8 Å². The Morgan fingerprint density at radius 2 is 1.54 bits per heavy atom. The van der Waals surface area contributed by atoms with Gasteiger partial charge in [0.2, 0.25) is 0 Å². The third-order valence-electron chi connectivity index (χ3n) is 5.82. The molecule has 0 fully saturated rings. The molecular formula is C21H38N4Sn. The molecule has 0 bridgehead atoms. The summed E-state index contributed by atoms with van der Waals surface area (Å²) in [6.07, 6.45) is 7.98. The number of nitrogens with two attached hydrogens (primary N) is 2. The zero-order chi connectivity index (χ0) is 19.2. The van der Waals surface area contributed by atoms with Gasteiger partial charge >= 0.3 is 164 Å². The van der Waals surface area contributed by atoms with Crippen LogP contribution in [0.3, 0.4) is 0 Å². The third kappa shape index (κ3) is 4.94. The van der Waals surface area contributed by atoms with Gasteiger partial charge in [0, 0.05) is 0 Å². The van der Waals surface area contributed by atoms with Crippen molar-refractivity contribution in [3.63, 3.8) is 0 Å². The van der Waals surface area contributed by atoms with Gasteiger partial charge in [0.15, 0.2) is 0 Å². The molecule has 0 radical (unpaired) electrons. The predicted molar refractivity (Wildman–Crippen MR) is 118 cm³/mol. The summed E-state index contributed by atoms with van der Waals surface area (Å²) in [5.74, 6) is 0.427. The molecule has 1 aromatic carbocycles. The number of anilines is 1. The van der Waals surface area contributed by atoms with Gasteiger partial charge in [-0.3, -0.25) is 0 Å². The van der Waals surface area contributed by atoms with E-state index in [1.54, 1.807) is 3.58 Å². The van der Waals surface area contributed by atoms with E-state index >= 15 is 0 Å². The Kier molecular flexibility index (Phi) is 7.83. The Morgan fingerprint density at radius 3 is 2.04 bits per heavy atom. The van der Waals surface area contributed by atoms with Crippen molar-refractivity contribution in [3.8, 4) is 0 Å². The van der Waals surface area contributed by atoms with Gasteiger partial charge in [-0.1, -0.05) is 0 Å². The molecule has 26 heavy (non-hydrogen) atoms. The summed E-state index contributed by atoms with van der Waals surface area (Å²) < 4.78 is 6.04. The fourth-order valence-corrected chi connectivity index (χ4v) is 20.2. The average Bonchev–Trinajstić information content (AvgIpc) is 2.60. The van der Waals surface area contributed by atoms with E-state index in [1.165, 1.54) is 51.8 Å². The second kappa shape index (κ2) is 9.45. The van der Waals surface area contributed by atoms with E-state index in [0.29, 0.717) is 5.96 Å². The van der Waals surface area contributed by atoms with Crippen molar-refractivity contribution in [1.29, 1.82) is 0 Å². The number of hydrogen-bond donors (Lipinski definition) is 3. The first kappa shape index (κ1) is 21.5. The molecule has 0 aromatic heterocycles. The molecular weight excluding hydrogens is 427 g/mol. The second-order valence-corrected chi connectivity index (χ2v) is 21.4. The average molecular weight is 465 g/mol. The molecule has 4 nitrogen and oxygen atoms in total. The fraction of sp³-hybridized carbons (Fsp3) is 0.667. The number of guanidine groups is 1. The molecule has 2 rings (SSSR count). The number of nitrogens with one attached hydrogen (secondary N) is 1. The van der Waals surface area contributed by atoms with E-state index in [-0.39, 0.29) is 0 Å². The first-order valence-corrected chi connectivity index (χ1v) is 17.9. The summed E-state index contributed by atoms with van der Waals surface area (Å²) in [5, 5.41) is 3.28. The van der Waals surface area contributed by atoms with E-state index in [1.807, 2.05) is 6.92 Å². The van der Waals surface area contributed by atoms with Crippen molar-refractivity contribution in [1.82, 2.24) is 0 Å². The summed E-state index contributed by atoms with van der Waals surface area (Å²) >= 11 is -2.44. The van der Waals surface area contributed by atoms with Gasteiger partial charge in [-0.15, -0.1) is 0 Å². The minimum absolute atomic E-state index is 0.427. The summed E-state index contributed by atoms with van der Waals surface area (Å²) in [7, 11) is 0. The molecule has 5 N–H and O–H groups in total. The number of aliphatic imine (C=N–C) groups is 1. The van der Waals surface area contributed by atoms with Gasteiger partial charge < -0.3 is 0 Å². The van der Waals surface area contributed by atoms with Gasteiger partial charge in [0.25, 0.3) is 0 Å². The predicted octanol–water partition coefficient (Wildman–Crippen LogP) is 4.61. The third-order valence-corrected chi connectivity index (χ3v) is 21.4. The molecule has 1 aromatic rings. The number of nitrogens with zero attached hydrogens (tertiary/aromatic N) is 1. The molecule has 1 aliphatic rings. The molecule has 0 aliphatic carbocycles. The number of rotatable bonds is 10. The Labute approximate surface area is 164 Å². The van der Waals surface area contributed by atoms with Crippen molar-refractivity contribution >= 4 is 33.6 Å². The Balaban J connectivity index is 2.45. The minimum atomic E-state index is -2.44. The van der Waals surface area contributed by atoms with Crippen LogP contribution < -0.4 is 20.4 Å². The molecule has 0 saturated carbocycles. The molecule has 0 amide bonds. The first-order chi connectivity index (χ1) is 12.4. The summed E-state index contributed by atoms with van der Waals surface area (Å²) in [4.78, 5) is 4.37. The van der Waals surface area contributed by atoms with Crippen LogP contribution in [0.2, 0.25) is 13.3 Å². The van der Waals surface area contributed by atoms with Crippen LogP contribution in [0, 0.1) is 0 Å². The zero-order valence-corrected chi connectivity index (χ0v) is 20.1. The number of fused-ring (bicyclic) bond motifs is 1. The molecule has 0 saturated heterocycles. The summed E-state index contributed by atoms with van der Waals surface area (Å²) in [6, 6.07) is 6.99. The van der Waals surface area contributed by atoms with Gasteiger partial charge in [-0.25, -0.2) is 0 Å². The van der Waals surface area contributed by atoms with Gasteiger partial charge in [-0.2, -0.15) is 0 Å². The SMILES string of the molecule is CCC[CH2][Sn]([CH2]CCC)([CH2]CCC)[c]1ccc2c(c1)NC(N)=NC2(C)N. The Hall–Kier alpha value is -0.751.